The second-order valence-corrected chi connectivity index (χ2v) is 1.65. The van der Waals surface area contributed by atoms with Gasteiger partial charge in [0.15, 0.2) is 0 Å². The Bertz CT molecular complexity index is 78.1. The molecule has 0 fully saturated rings. The summed E-state index contributed by atoms with van der Waals surface area (Å²) >= 11 is 0. The summed E-state index contributed by atoms with van der Waals surface area (Å²) in [6.07, 6.45) is 0.472. The van der Waals surface area contributed by atoms with Gasteiger partial charge in [-0.25, -0.2) is 8.78 Å². The maximum atomic E-state index is 11.8. The quantitative estimate of drug-likeness (QED) is 0.410. The van der Waals surface area contributed by atoms with Gasteiger partial charge in [0.1, 0.15) is 12.3 Å². The van der Waals surface area contributed by atoms with Crippen molar-refractivity contribution < 1.29 is 8.78 Å². The first-order valence-electron chi connectivity index (χ1n) is 2.25. The first-order valence-corrected chi connectivity index (χ1v) is 2.25. The van der Waals surface area contributed by atoms with E-state index in [2.05, 4.69) is 0 Å². The molecule has 0 saturated heterocycles. The molecule has 0 spiro atoms. The molecule has 7 heavy (non-hydrogen) atoms. The molecule has 2 atom stereocenters. The van der Waals surface area contributed by atoms with Crippen molar-refractivity contribution in [2.24, 2.45) is 0 Å². The molecule has 1 rings (SSSR count). The first-order chi connectivity index (χ1) is 3.29. The second kappa shape index (κ2) is 1.60. The van der Waals surface area contributed by atoms with E-state index >= 15 is 0 Å². The van der Waals surface area contributed by atoms with Gasteiger partial charge < -0.3 is 0 Å². The number of hydrogen-bond acceptors (Lipinski definition) is 0. The third-order valence-electron chi connectivity index (χ3n) is 0.979. The number of allylic oxidation sites excluding steroid dienone is 2. The molecule has 0 aliphatic heterocycles. The summed E-state index contributed by atoms with van der Waals surface area (Å²) in [4.78, 5) is 0. The zero-order chi connectivity index (χ0) is 5.28. The van der Waals surface area contributed by atoms with Crippen LogP contribution in [0.2, 0.25) is 0 Å². The lowest BCUT2D eigenvalue weighted by atomic mass is 10.3. The number of rotatable bonds is 0. The SMILES string of the molecule is F[C@@H]1C=C[C@@H](F)C1. The summed E-state index contributed by atoms with van der Waals surface area (Å²) in [5.74, 6) is 0. The fourth-order valence-electron chi connectivity index (χ4n) is 0.613. The van der Waals surface area contributed by atoms with Gasteiger partial charge in [-0.1, -0.05) is 12.2 Å². The van der Waals surface area contributed by atoms with Crippen LogP contribution in [0.25, 0.3) is 0 Å². The van der Waals surface area contributed by atoms with Gasteiger partial charge in [-0.05, 0) is 0 Å². The van der Waals surface area contributed by atoms with Gasteiger partial charge in [-0.2, -0.15) is 0 Å². The summed E-state index contributed by atoms with van der Waals surface area (Å²) in [6, 6.07) is 0. The number of halogens is 2. The van der Waals surface area contributed by atoms with Gasteiger partial charge in [-0.3, -0.25) is 0 Å². The van der Waals surface area contributed by atoms with Crippen molar-refractivity contribution in [3.05, 3.63) is 12.2 Å². The highest BCUT2D eigenvalue weighted by Crippen LogP contribution is 2.15. The Morgan fingerprint density at radius 3 is 1.71 bits per heavy atom. The Morgan fingerprint density at radius 2 is 1.57 bits per heavy atom. The molecule has 0 radical (unpaired) electrons. The monoisotopic (exact) mass is 104 g/mol. The van der Waals surface area contributed by atoms with Crippen molar-refractivity contribution in [1.82, 2.24) is 0 Å². The molecule has 0 unspecified atom stereocenters. The van der Waals surface area contributed by atoms with Crippen LogP contribution >= 0.6 is 0 Å². The van der Waals surface area contributed by atoms with Crippen LogP contribution < -0.4 is 0 Å². The normalized spacial score (nSPS) is 39.7. The average molecular weight is 104 g/mol. The Labute approximate surface area is 40.8 Å². The zero-order valence-electron chi connectivity index (χ0n) is 3.77. The van der Waals surface area contributed by atoms with E-state index in [9.17, 15) is 8.78 Å². The Balaban J connectivity index is 2.42. The molecule has 1 aliphatic rings. The van der Waals surface area contributed by atoms with Crippen molar-refractivity contribution in [1.29, 1.82) is 0 Å². The maximum absolute atomic E-state index is 11.8. The molecule has 2 heteroatoms. The van der Waals surface area contributed by atoms with Gasteiger partial charge in [-0.15, -0.1) is 0 Å². The molecule has 0 N–H and O–H groups in total. The largest absolute Gasteiger partial charge is 0.243 e. The van der Waals surface area contributed by atoms with Crippen molar-refractivity contribution in [3.63, 3.8) is 0 Å². The van der Waals surface area contributed by atoms with Crippen LogP contribution in [0.15, 0.2) is 12.2 Å². The van der Waals surface area contributed by atoms with E-state index in [1.807, 2.05) is 0 Å². The third kappa shape index (κ3) is 0.981. The molecule has 40 valence electrons. The minimum absolute atomic E-state index is 0.0278. The summed E-state index contributed by atoms with van der Waals surface area (Å²) in [6.45, 7) is 0. The Hall–Kier alpha value is -0.400. The fraction of sp³-hybridized carbons (Fsp3) is 0.600. The molecular formula is C5H6F2. The van der Waals surface area contributed by atoms with Crippen LogP contribution in [-0.4, -0.2) is 12.3 Å². The molecule has 0 saturated carbocycles. The number of hydrogen-bond donors (Lipinski definition) is 0. The predicted octanol–water partition coefficient (Wildman–Crippen LogP) is 1.62. The standard InChI is InChI=1S/C5H6F2/c6-4-1-2-5(7)3-4/h1-2,4-5H,3H2/t4-,5-/m1/s1. The minimum Gasteiger partial charge on any atom is -0.243 e. The van der Waals surface area contributed by atoms with Crippen LogP contribution in [0.5, 0.6) is 0 Å². The molecule has 0 nitrogen and oxygen atoms in total. The summed E-state index contributed by atoms with van der Waals surface area (Å²) in [5.41, 5.74) is 0. The lowest BCUT2D eigenvalue weighted by molar-refractivity contribution is 0.311. The molecule has 0 bridgehead atoms. The minimum atomic E-state index is -1.03. The molecule has 0 aromatic carbocycles. The molecule has 0 amide bonds. The molecule has 0 aromatic heterocycles. The van der Waals surface area contributed by atoms with Crippen molar-refractivity contribution >= 4 is 0 Å². The van der Waals surface area contributed by atoms with E-state index < -0.39 is 12.3 Å². The fourth-order valence-corrected chi connectivity index (χ4v) is 0.613. The van der Waals surface area contributed by atoms with Gasteiger partial charge in [0, 0.05) is 6.42 Å². The average Bonchev–Trinajstić information content (AvgIpc) is 1.87. The second-order valence-electron chi connectivity index (χ2n) is 1.65. The van der Waals surface area contributed by atoms with Gasteiger partial charge in [0.2, 0.25) is 0 Å². The first kappa shape index (κ1) is 4.75. The molecule has 0 heterocycles. The van der Waals surface area contributed by atoms with Crippen LogP contribution in [-0.2, 0) is 0 Å². The van der Waals surface area contributed by atoms with Crippen molar-refractivity contribution in [2.45, 2.75) is 18.8 Å². The summed E-state index contributed by atoms with van der Waals surface area (Å²) in [5, 5.41) is 0. The van der Waals surface area contributed by atoms with E-state index in [1.165, 1.54) is 12.2 Å². The number of alkyl halides is 2. The zero-order valence-corrected chi connectivity index (χ0v) is 3.77. The van der Waals surface area contributed by atoms with Crippen LogP contribution in [0.4, 0.5) is 8.78 Å². The van der Waals surface area contributed by atoms with Gasteiger partial charge in [0.05, 0.1) is 0 Å². The van der Waals surface area contributed by atoms with E-state index in [0.717, 1.165) is 0 Å². The van der Waals surface area contributed by atoms with Crippen molar-refractivity contribution in [3.8, 4) is 0 Å². The predicted molar refractivity (Wildman–Crippen MR) is 23.5 cm³/mol. The summed E-state index contributed by atoms with van der Waals surface area (Å²) < 4.78 is 23.7. The van der Waals surface area contributed by atoms with Gasteiger partial charge in [0.25, 0.3) is 0 Å². The van der Waals surface area contributed by atoms with Crippen LogP contribution in [0.3, 0.4) is 0 Å². The third-order valence-corrected chi connectivity index (χ3v) is 0.979. The van der Waals surface area contributed by atoms with Crippen molar-refractivity contribution in [2.75, 3.05) is 0 Å². The van der Waals surface area contributed by atoms with E-state index in [4.69, 9.17) is 0 Å². The lowest BCUT2D eigenvalue weighted by Gasteiger charge is -1.91. The van der Waals surface area contributed by atoms with Crippen LogP contribution in [0.1, 0.15) is 6.42 Å². The molecule has 0 aromatic rings. The van der Waals surface area contributed by atoms with Gasteiger partial charge >= 0.3 is 0 Å². The highest BCUT2D eigenvalue weighted by atomic mass is 19.1. The summed E-state index contributed by atoms with van der Waals surface area (Å²) in [7, 11) is 0. The molecule has 1 aliphatic carbocycles. The molecular weight excluding hydrogens is 98.1 g/mol. The highest BCUT2D eigenvalue weighted by Gasteiger charge is 2.15. The van der Waals surface area contributed by atoms with E-state index in [-0.39, 0.29) is 6.42 Å². The Kier molecular flexibility index (Phi) is 1.09. The van der Waals surface area contributed by atoms with E-state index in [0.29, 0.717) is 0 Å². The van der Waals surface area contributed by atoms with E-state index in [1.54, 1.807) is 0 Å². The lowest BCUT2D eigenvalue weighted by Crippen LogP contribution is -1.94. The highest BCUT2D eigenvalue weighted by molar-refractivity contribution is 5.03. The van der Waals surface area contributed by atoms with Crippen LogP contribution in [0, 0.1) is 0 Å². The topological polar surface area (TPSA) is 0 Å². The smallest absolute Gasteiger partial charge is 0.121 e. The Morgan fingerprint density at radius 1 is 1.14 bits per heavy atom. The maximum Gasteiger partial charge on any atom is 0.121 e.